The van der Waals surface area contributed by atoms with Crippen molar-refractivity contribution in [3.05, 3.63) is 28.7 Å². The molecule has 0 amide bonds. The smallest absolute Gasteiger partial charge is 0.376 e. The summed E-state index contributed by atoms with van der Waals surface area (Å²) in [5.74, 6) is -0.680. The van der Waals surface area contributed by atoms with Crippen LogP contribution in [0.25, 0.3) is 0 Å². The third-order valence-electron chi connectivity index (χ3n) is 1.57. The Morgan fingerprint density at radius 3 is 2.38 bits per heavy atom. The van der Waals surface area contributed by atoms with E-state index in [4.69, 9.17) is 0 Å². The summed E-state index contributed by atoms with van der Waals surface area (Å²) in [4.78, 5) is 11.0. The summed E-state index contributed by atoms with van der Waals surface area (Å²) in [6.45, 7) is 0. The van der Waals surface area contributed by atoms with E-state index in [1.165, 1.54) is 7.05 Å². The van der Waals surface area contributed by atoms with E-state index in [1.807, 2.05) is 0 Å². The molecule has 0 fully saturated rings. The van der Waals surface area contributed by atoms with Crippen molar-refractivity contribution < 1.29 is 25.8 Å². The van der Waals surface area contributed by atoms with Gasteiger partial charge >= 0.3 is 15.6 Å². The van der Waals surface area contributed by atoms with Crippen molar-refractivity contribution in [2.45, 2.75) is 5.51 Å². The molecule has 16 heavy (non-hydrogen) atoms. The molecule has 0 saturated heterocycles. The van der Waals surface area contributed by atoms with Crippen molar-refractivity contribution >= 4 is 10.1 Å². The first-order chi connectivity index (χ1) is 7.13. The Kier molecular flexibility index (Phi) is 2.99. The zero-order valence-corrected chi connectivity index (χ0v) is 8.67. The van der Waals surface area contributed by atoms with Gasteiger partial charge in [0.15, 0.2) is 0 Å². The molecule has 0 unspecified atom stereocenters. The van der Waals surface area contributed by atoms with E-state index in [-0.39, 0.29) is 0 Å². The number of aryl methyl sites for hydroxylation is 1. The number of pyridine rings is 1. The van der Waals surface area contributed by atoms with E-state index in [2.05, 4.69) is 4.18 Å². The third kappa shape index (κ3) is 2.54. The average molecular weight is 257 g/mol. The van der Waals surface area contributed by atoms with E-state index in [0.717, 1.165) is 16.8 Å². The normalized spacial score (nSPS) is 12.5. The van der Waals surface area contributed by atoms with E-state index >= 15 is 0 Å². The van der Waals surface area contributed by atoms with Crippen LogP contribution in [0.15, 0.2) is 23.1 Å². The molecule has 0 aliphatic carbocycles. The number of hydrogen-bond donors (Lipinski definition) is 0. The van der Waals surface area contributed by atoms with E-state index in [9.17, 15) is 26.4 Å². The maximum Gasteiger partial charge on any atom is 0.534 e. The molecule has 0 aliphatic heterocycles. The van der Waals surface area contributed by atoms with E-state index < -0.39 is 26.9 Å². The van der Waals surface area contributed by atoms with Gasteiger partial charge in [0.2, 0.25) is 0 Å². The van der Waals surface area contributed by atoms with Crippen LogP contribution in [0, 0.1) is 0 Å². The van der Waals surface area contributed by atoms with Crippen molar-refractivity contribution in [3.63, 3.8) is 0 Å². The maximum atomic E-state index is 11.9. The minimum absolute atomic E-state index is 0.642. The zero-order chi connectivity index (χ0) is 12.6. The highest BCUT2D eigenvalue weighted by molar-refractivity contribution is 7.87. The molecule has 1 aromatic rings. The van der Waals surface area contributed by atoms with E-state index in [0.29, 0.717) is 6.07 Å². The van der Waals surface area contributed by atoms with Crippen LogP contribution in [0.2, 0.25) is 0 Å². The second-order valence-electron chi connectivity index (χ2n) is 2.79. The van der Waals surface area contributed by atoms with Gasteiger partial charge in [0.05, 0.1) is 0 Å². The SMILES string of the molecule is Cn1ccc(OS(=O)(=O)C(F)(F)F)cc1=O. The lowest BCUT2D eigenvalue weighted by Gasteiger charge is -2.09. The highest BCUT2D eigenvalue weighted by Crippen LogP contribution is 2.25. The first-order valence-corrected chi connectivity index (χ1v) is 5.22. The quantitative estimate of drug-likeness (QED) is 0.575. The summed E-state index contributed by atoms with van der Waals surface area (Å²) in [5.41, 5.74) is -6.21. The molecule has 1 aromatic heterocycles. The number of rotatable bonds is 2. The van der Waals surface area contributed by atoms with Crippen LogP contribution in [-0.2, 0) is 17.2 Å². The molecule has 9 heteroatoms. The van der Waals surface area contributed by atoms with Crippen LogP contribution in [0.1, 0.15) is 0 Å². The standard InChI is InChI=1S/C7H6F3NO4S/c1-11-3-2-5(4-6(11)12)15-16(13,14)7(8,9)10/h2-4H,1H3. The highest BCUT2D eigenvalue weighted by atomic mass is 32.2. The van der Waals surface area contributed by atoms with Gasteiger partial charge in [-0.15, -0.1) is 0 Å². The van der Waals surface area contributed by atoms with Gasteiger partial charge in [0.1, 0.15) is 5.75 Å². The molecule has 0 N–H and O–H groups in total. The topological polar surface area (TPSA) is 65.4 Å². The third-order valence-corrected chi connectivity index (χ3v) is 2.54. The molecule has 0 bridgehead atoms. The second-order valence-corrected chi connectivity index (χ2v) is 4.33. The van der Waals surface area contributed by atoms with Gasteiger partial charge in [-0.2, -0.15) is 21.6 Å². The first kappa shape index (κ1) is 12.6. The number of hydrogen-bond acceptors (Lipinski definition) is 4. The maximum absolute atomic E-state index is 11.9. The minimum atomic E-state index is -5.73. The van der Waals surface area contributed by atoms with Crippen molar-refractivity contribution in [3.8, 4) is 5.75 Å². The minimum Gasteiger partial charge on any atom is -0.376 e. The summed E-state index contributed by atoms with van der Waals surface area (Å²) >= 11 is 0. The largest absolute Gasteiger partial charge is 0.534 e. The lowest BCUT2D eigenvalue weighted by molar-refractivity contribution is -0.0500. The second kappa shape index (κ2) is 3.81. The Bertz CT molecular complexity index is 545. The van der Waals surface area contributed by atoms with Crippen molar-refractivity contribution in [2.75, 3.05) is 0 Å². The monoisotopic (exact) mass is 257 g/mol. The molecule has 90 valence electrons. The number of aromatic nitrogens is 1. The Morgan fingerprint density at radius 1 is 1.38 bits per heavy atom. The lowest BCUT2D eigenvalue weighted by atomic mass is 10.4. The Morgan fingerprint density at radius 2 is 1.94 bits per heavy atom. The number of alkyl halides is 3. The summed E-state index contributed by atoms with van der Waals surface area (Å²) in [7, 11) is -4.38. The van der Waals surface area contributed by atoms with Crippen molar-refractivity contribution in [1.82, 2.24) is 4.57 Å². The predicted octanol–water partition coefficient (Wildman–Crippen LogP) is 0.614. The van der Waals surface area contributed by atoms with Crippen LogP contribution < -0.4 is 9.74 Å². The molecule has 0 atom stereocenters. The molecule has 0 saturated carbocycles. The summed E-state index contributed by atoms with van der Waals surface area (Å²) in [5, 5.41) is 0. The van der Waals surface area contributed by atoms with Crippen molar-refractivity contribution in [2.24, 2.45) is 7.05 Å². The van der Waals surface area contributed by atoms with Crippen LogP contribution >= 0.6 is 0 Å². The van der Waals surface area contributed by atoms with Crippen LogP contribution in [-0.4, -0.2) is 18.5 Å². The number of nitrogens with zero attached hydrogens (tertiary/aromatic N) is 1. The van der Waals surface area contributed by atoms with Gasteiger partial charge in [-0.05, 0) is 6.07 Å². The predicted molar refractivity (Wildman–Crippen MR) is 47.3 cm³/mol. The van der Waals surface area contributed by atoms with Gasteiger partial charge < -0.3 is 8.75 Å². The average Bonchev–Trinajstić information content (AvgIpc) is 2.09. The van der Waals surface area contributed by atoms with Gasteiger partial charge in [0.25, 0.3) is 5.56 Å². The molecule has 5 nitrogen and oxygen atoms in total. The van der Waals surface area contributed by atoms with Gasteiger partial charge in [-0.1, -0.05) is 0 Å². The van der Waals surface area contributed by atoms with Crippen molar-refractivity contribution in [1.29, 1.82) is 0 Å². The Labute approximate surface area is 88.2 Å². The fraction of sp³-hybridized carbons (Fsp3) is 0.286. The van der Waals surface area contributed by atoms with Crippen LogP contribution in [0.5, 0.6) is 5.75 Å². The van der Waals surface area contributed by atoms with E-state index in [1.54, 1.807) is 0 Å². The fourth-order valence-corrected chi connectivity index (χ4v) is 1.21. The first-order valence-electron chi connectivity index (χ1n) is 3.81. The van der Waals surface area contributed by atoms with Gasteiger partial charge in [0, 0.05) is 19.3 Å². The highest BCUT2D eigenvalue weighted by Gasteiger charge is 2.48. The summed E-state index contributed by atoms with van der Waals surface area (Å²) in [6.07, 6.45) is 1.09. The van der Waals surface area contributed by atoms with Crippen LogP contribution in [0.3, 0.4) is 0 Å². The molecule has 0 aliphatic rings. The molecule has 1 heterocycles. The van der Waals surface area contributed by atoms with Gasteiger partial charge in [-0.3, -0.25) is 4.79 Å². The molecule has 0 aromatic carbocycles. The molecule has 0 radical (unpaired) electrons. The zero-order valence-electron chi connectivity index (χ0n) is 7.85. The van der Waals surface area contributed by atoms with Crippen LogP contribution in [0.4, 0.5) is 13.2 Å². The molecule has 0 spiro atoms. The molecule has 1 rings (SSSR count). The molecular weight excluding hydrogens is 251 g/mol. The number of halogens is 3. The summed E-state index contributed by atoms with van der Waals surface area (Å²) < 4.78 is 61.6. The Hall–Kier alpha value is -1.51. The Balaban J connectivity index is 3.08. The molecular formula is C7H6F3NO4S. The summed E-state index contributed by atoms with van der Waals surface area (Å²) in [6, 6.07) is 1.58. The van der Waals surface area contributed by atoms with Gasteiger partial charge in [-0.25, -0.2) is 0 Å². The fourth-order valence-electron chi connectivity index (χ4n) is 0.756. The lowest BCUT2D eigenvalue weighted by Crippen LogP contribution is -2.28.